The van der Waals surface area contributed by atoms with Gasteiger partial charge in [0.25, 0.3) is 0 Å². The number of aromatic nitrogens is 1. The number of anilines is 1. The number of fused-ring (bicyclic) bond motifs is 1. The number of carbonyl (C=O) groups is 1. The van der Waals surface area contributed by atoms with Crippen LogP contribution in [0, 0.1) is 13.8 Å². The summed E-state index contributed by atoms with van der Waals surface area (Å²) in [4.78, 5) is 16.6. The van der Waals surface area contributed by atoms with Crippen molar-refractivity contribution in [1.82, 2.24) is 4.98 Å². The fourth-order valence-corrected chi connectivity index (χ4v) is 2.46. The van der Waals surface area contributed by atoms with E-state index in [4.69, 9.17) is 4.74 Å². The molecule has 0 saturated carbocycles. The molecule has 118 valence electrons. The van der Waals surface area contributed by atoms with Crippen LogP contribution in [0.15, 0.2) is 18.3 Å². The van der Waals surface area contributed by atoms with Crippen molar-refractivity contribution in [2.45, 2.75) is 33.8 Å². The van der Waals surface area contributed by atoms with Crippen molar-refractivity contribution in [2.75, 3.05) is 18.5 Å². The van der Waals surface area contributed by atoms with E-state index < -0.39 is 12.1 Å². The minimum absolute atomic E-state index is 0.305. The molecule has 1 atom stereocenters. The summed E-state index contributed by atoms with van der Waals surface area (Å²) in [6, 6.07) is 4.04. The molecule has 0 radical (unpaired) electrons. The minimum Gasteiger partial charge on any atom is -0.462 e. The molecule has 5 nitrogen and oxygen atoms in total. The molecule has 0 saturated heterocycles. The number of pyridine rings is 1. The standard InChI is InChI=1S/C17H22N2O3/c1-5-22-17(21)14-9-19-15-11(3)6-10(2)7-13(15)16(14)18-8-12(4)20/h6-7,9,12,20H,5,8H2,1-4H3,(H,18,19). The lowest BCUT2D eigenvalue weighted by Crippen LogP contribution is -2.18. The number of hydrogen-bond donors (Lipinski definition) is 2. The highest BCUT2D eigenvalue weighted by Crippen LogP contribution is 2.29. The summed E-state index contributed by atoms with van der Waals surface area (Å²) in [5, 5.41) is 13.6. The average molecular weight is 302 g/mol. The van der Waals surface area contributed by atoms with Gasteiger partial charge >= 0.3 is 5.97 Å². The Kier molecular flexibility index (Phi) is 4.98. The number of ether oxygens (including phenoxy) is 1. The van der Waals surface area contributed by atoms with Crippen LogP contribution in [0.1, 0.15) is 35.3 Å². The second-order valence-electron chi connectivity index (χ2n) is 5.48. The summed E-state index contributed by atoms with van der Waals surface area (Å²) in [5.74, 6) is -0.413. The molecule has 0 spiro atoms. The summed E-state index contributed by atoms with van der Waals surface area (Å²) in [6.45, 7) is 8.10. The van der Waals surface area contributed by atoms with Crippen LogP contribution >= 0.6 is 0 Å². The maximum atomic E-state index is 12.2. The molecule has 5 heteroatoms. The SMILES string of the molecule is CCOC(=O)c1cnc2c(C)cc(C)cc2c1NCC(C)O. The van der Waals surface area contributed by atoms with Gasteiger partial charge in [-0.15, -0.1) is 0 Å². The molecule has 2 rings (SSSR count). The van der Waals surface area contributed by atoms with E-state index in [1.165, 1.54) is 6.20 Å². The van der Waals surface area contributed by atoms with Crippen LogP contribution in [0.2, 0.25) is 0 Å². The summed E-state index contributed by atoms with van der Waals surface area (Å²) in [7, 11) is 0. The van der Waals surface area contributed by atoms with Gasteiger partial charge in [0.2, 0.25) is 0 Å². The average Bonchev–Trinajstić information content (AvgIpc) is 2.44. The highest BCUT2D eigenvalue weighted by molar-refractivity contribution is 6.05. The Hall–Kier alpha value is -2.14. The first kappa shape index (κ1) is 16.2. The molecular weight excluding hydrogens is 280 g/mol. The molecule has 0 aliphatic rings. The third-order valence-corrected chi connectivity index (χ3v) is 3.38. The smallest absolute Gasteiger partial charge is 0.341 e. The lowest BCUT2D eigenvalue weighted by Gasteiger charge is -2.16. The number of aliphatic hydroxyl groups is 1. The van der Waals surface area contributed by atoms with Gasteiger partial charge in [0.05, 0.1) is 23.9 Å². The highest BCUT2D eigenvalue weighted by atomic mass is 16.5. The predicted octanol–water partition coefficient (Wildman–Crippen LogP) is 2.82. The van der Waals surface area contributed by atoms with E-state index in [-0.39, 0.29) is 0 Å². The van der Waals surface area contributed by atoms with Crippen LogP contribution in [0.25, 0.3) is 10.9 Å². The molecule has 22 heavy (non-hydrogen) atoms. The Bertz CT molecular complexity index is 696. The van der Waals surface area contributed by atoms with Crippen molar-refractivity contribution in [1.29, 1.82) is 0 Å². The normalized spacial score (nSPS) is 12.2. The largest absolute Gasteiger partial charge is 0.462 e. The molecule has 1 aromatic heterocycles. The summed E-state index contributed by atoms with van der Waals surface area (Å²) >= 11 is 0. The van der Waals surface area contributed by atoms with Crippen LogP contribution in [-0.2, 0) is 4.74 Å². The first-order valence-corrected chi connectivity index (χ1v) is 7.43. The molecular formula is C17H22N2O3. The lowest BCUT2D eigenvalue weighted by molar-refractivity contribution is 0.0527. The van der Waals surface area contributed by atoms with Crippen molar-refractivity contribution >= 4 is 22.6 Å². The second kappa shape index (κ2) is 6.75. The number of carbonyl (C=O) groups excluding carboxylic acids is 1. The molecule has 0 amide bonds. The fourth-order valence-electron chi connectivity index (χ4n) is 2.46. The Labute approximate surface area is 130 Å². The van der Waals surface area contributed by atoms with E-state index >= 15 is 0 Å². The van der Waals surface area contributed by atoms with Crippen molar-refractivity contribution in [3.05, 3.63) is 35.0 Å². The highest BCUT2D eigenvalue weighted by Gasteiger charge is 2.18. The van der Waals surface area contributed by atoms with Crippen LogP contribution in [0.4, 0.5) is 5.69 Å². The van der Waals surface area contributed by atoms with Gasteiger partial charge in [0, 0.05) is 18.1 Å². The topological polar surface area (TPSA) is 71.5 Å². The first-order valence-electron chi connectivity index (χ1n) is 7.43. The maximum Gasteiger partial charge on any atom is 0.341 e. The van der Waals surface area contributed by atoms with Crippen LogP contribution < -0.4 is 5.32 Å². The van der Waals surface area contributed by atoms with Gasteiger partial charge in [0.15, 0.2) is 0 Å². The number of hydrogen-bond acceptors (Lipinski definition) is 5. The molecule has 2 aromatic rings. The van der Waals surface area contributed by atoms with Gasteiger partial charge in [-0.25, -0.2) is 4.79 Å². The maximum absolute atomic E-state index is 12.2. The summed E-state index contributed by atoms with van der Waals surface area (Å²) in [6.07, 6.45) is 1.01. The number of aliphatic hydroxyl groups excluding tert-OH is 1. The van der Waals surface area contributed by atoms with Crippen molar-refractivity contribution in [2.24, 2.45) is 0 Å². The van der Waals surface area contributed by atoms with Crippen molar-refractivity contribution < 1.29 is 14.6 Å². The molecule has 0 aliphatic carbocycles. The molecule has 0 bridgehead atoms. The number of benzene rings is 1. The van der Waals surface area contributed by atoms with Crippen molar-refractivity contribution in [3.63, 3.8) is 0 Å². The number of rotatable bonds is 5. The van der Waals surface area contributed by atoms with E-state index in [0.717, 1.165) is 22.0 Å². The molecule has 1 aromatic carbocycles. The Balaban J connectivity index is 2.63. The first-order chi connectivity index (χ1) is 10.4. The van der Waals surface area contributed by atoms with E-state index in [9.17, 15) is 9.90 Å². The third-order valence-electron chi connectivity index (χ3n) is 3.38. The molecule has 1 unspecified atom stereocenters. The molecule has 2 N–H and O–H groups in total. The van der Waals surface area contributed by atoms with E-state index in [0.29, 0.717) is 24.4 Å². The quantitative estimate of drug-likeness (QED) is 0.831. The predicted molar refractivity (Wildman–Crippen MR) is 87.3 cm³/mol. The van der Waals surface area contributed by atoms with E-state index in [2.05, 4.69) is 16.4 Å². The van der Waals surface area contributed by atoms with E-state index in [1.807, 2.05) is 19.9 Å². The third kappa shape index (κ3) is 3.36. The monoisotopic (exact) mass is 302 g/mol. The van der Waals surface area contributed by atoms with Gasteiger partial charge in [0.1, 0.15) is 5.56 Å². The molecule has 0 aliphatic heterocycles. The van der Waals surface area contributed by atoms with Crippen LogP contribution in [0.5, 0.6) is 0 Å². The minimum atomic E-state index is -0.524. The zero-order valence-electron chi connectivity index (χ0n) is 13.4. The van der Waals surface area contributed by atoms with E-state index in [1.54, 1.807) is 13.8 Å². The molecule has 0 fully saturated rings. The Morgan fingerprint density at radius 1 is 1.41 bits per heavy atom. The lowest BCUT2D eigenvalue weighted by atomic mass is 10.0. The number of nitrogens with zero attached hydrogens (tertiary/aromatic N) is 1. The van der Waals surface area contributed by atoms with Crippen LogP contribution in [-0.4, -0.2) is 35.3 Å². The fraction of sp³-hybridized carbons (Fsp3) is 0.412. The second-order valence-corrected chi connectivity index (χ2v) is 5.48. The Morgan fingerprint density at radius 3 is 2.77 bits per heavy atom. The zero-order valence-corrected chi connectivity index (χ0v) is 13.4. The van der Waals surface area contributed by atoms with Gasteiger partial charge < -0.3 is 15.2 Å². The summed E-state index contributed by atoms with van der Waals surface area (Å²) < 4.78 is 5.10. The zero-order chi connectivity index (χ0) is 16.3. The van der Waals surface area contributed by atoms with Gasteiger partial charge in [-0.05, 0) is 39.3 Å². The van der Waals surface area contributed by atoms with Gasteiger partial charge in [-0.2, -0.15) is 0 Å². The number of nitrogens with one attached hydrogen (secondary N) is 1. The van der Waals surface area contributed by atoms with Crippen molar-refractivity contribution in [3.8, 4) is 0 Å². The number of esters is 1. The van der Waals surface area contributed by atoms with Gasteiger partial charge in [-0.1, -0.05) is 11.6 Å². The summed E-state index contributed by atoms with van der Waals surface area (Å²) in [5.41, 5.74) is 4.03. The van der Waals surface area contributed by atoms with Crippen LogP contribution in [0.3, 0.4) is 0 Å². The molecule has 1 heterocycles. The number of aryl methyl sites for hydroxylation is 2. The Morgan fingerprint density at radius 2 is 2.14 bits per heavy atom. The van der Waals surface area contributed by atoms with Gasteiger partial charge in [-0.3, -0.25) is 4.98 Å².